The Bertz CT molecular complexity index is 148. The maximum Gasteiger partial charge on any atom is 0.394 e. The average molecular weight is 149 g/mol. The second-order valence-corrected chi connectivity index (χ2v) is 1.83. The van der Waals surface area contributed by atoms with Crippen LogP contribution in [-0.2, 0) is 9.59 Å². The minimum atomic E-state index is -1.60. The minimum Gasteiger partial charge on any atom is -0.474 e. The summed E-state index contributed by atoms with van der Waals surface area (Å²) in [4.78, 5) is 20.1. The molecule has 4 nitrogen and oxygen atoms in total. The standard InChI is InChI=1S/C5H8FNO3/c1-3(2-6)7-4(8)5(9)10/h3H,2H2,1H3,(H,7,8)(H,9,10)/t3-/m0/s1. The van der Waals surface area contributed by atoms with E-state index in [9.17, 15) is 14.0 Å². The van der Waals surface area contributed by atoms with Crippen molar-refractivity contribution in [3.05, 3.63) is 0 Å². The van der Waals surface area contributed by atoms with E-state index in [-0.39, 0.29) is 0 Å². The summed E-state index contributed by atoms with van der Waals surface area (Å²) >= 11 is 0. The molecule has 0 radical (unpaired) electrons. The molecule has 5 heteroatoms. The first-order chi connectivity index (χ1) is 4.57. The van der Waals surface area contributed by atoms with Gasteiger partial charge in [-0.25, -0.2) is 9.18 Å². The molecule has 0 bridgehead atoms. The van der Waals surface area contributed by atoms with Crippen LogP contribution >= 0.6 is 0 Å². The fourth-order valence-corrected chi connectivity index (χ4v) is 0.324. The zero-order chi connectivity index (χ0) is 8.15. The van der Waals surface area contributed by atoms with E-state index >= 15 is 0 Å². The Balaban J connectivity index is 3.68. The lowest BCUT2D eigenvalue weighted by Crippen LogP contribution is -2.38. The van der Waals surface area contributed by atoms with Crippen molar-refractivity contribution in [2.45, 2.75) is 13.0 Å². The van der Waals surface area contributed by atoms with Crippen molar-refractivity contribution in [2.75, 3.05) is 6.67 Å². The largest absolute Gasteiger partial charge is 0.474 e. The number of halogens is 1. The number of carbonyl (C=O) groups is 2. The SMILES string of the molecule is C[C@@H](CF)NC(=O)C(=O)O. The highest BCUT2D eigenvalue weighted by Gasteiger charge is 2.13. The van der Waals surface area contributed by atoms with Crippen LogP contribution in [0, 0.1) is 0 Å². The van der Waals surface area contributed by atoms with Crippen molar-refractivity contribution in [1.29, 1.82) is 0 Å². The molecule has 0 aliphatic carbocycles. The van der Waals surface area contributed by atoms with E-state index in [0.717, 1.165) is 0 Å². The lowest BCUT2D eigenvalue weighted by atomic mass is 10.4. The normalized spacial score (nSPS) is 12.2. The number of alkyl halides is 1. The highest BCUT2D eigenvalue weighted by molar-refractivity contribution is 6.31. The molecule has 0 aliphatic heterocycles. The number of hydrogen-bond acceptors (Lipinski definition) is 2. The lowest BCUT2D eigenvalue weighted by molar-refractivity contribution is -0.150. The van der Waals surface area contributed by atoms with Crippen LogP contribution in [-0.4, -0.2) is 29.7 Å². The van der Waals surface area contributed by atoms with Gasteiger partial charge in [0, 0.05) is 0 Å². The molecule has 0 aliphatic rings. The van der Waals surface area contributed by atoms with Gasteiger partial charge in [-0.15, -0.1) is 0 Å². The molecule has 58 valence electrons. The number of aliphatic carboxylic acids is 1. The number of rotatable bonds is 2. The molecular formula is C5H8FNO3. The third-order valence-electron chi connectivity index (χ3n) is 0.803. The Morgan fingerprint density at radius 1 is 1.70 bits per heavy atom. The molecule has 1 atom stereocenters. The highest BCUT2D eigenvalue weighted by atomic mass is 19.1. The number of carbonyl (C=O) groups excluding carboxylic acids is 1. The molecule has 0 saturated carbocycles. The van der Waals surface area contributed by atoms with E-state index in [4.69, 9.17) is 5.11 Å². The molecule has 0 heterocycles. The lowest BCUT2D eigenvalue weighted by Gasteiger charge is -2.05. The summed E-state index contributed by atoms with van der Waals surface area (Å²) in [6, 6.07) is -0.733. The fraction of sp³-hybridized carbons (Fsp3) is 0.600. The Kier molecular flexibility index (Phi) is 3.38. The van der Waals surface area contributed by atoms with Gasteiger partial charge in [0.25, 0.3) is 0 Å². The highest BCUT2D eigenvalue weighted by Crippen LogP contribution is 1.81. The van der Waals surface area contributed by atoms with E-state index in [0.29, 0.717) is 0 Å². The average Bonchev–Trinajstić information content (AvgIpc) is 1.87. The van der Waals surface area contributed by atoms with Gasteiger partial charge in [0.15, 0.2) is 0 Å². The van der Waals surface area contributed by atoms with Gasteiger partial charge in [-0.05, 0) is 6.92 Å². The summed E-state index contributed by atoms with van der Waals surface area (Å²) in [5.41, 5.74) is 0. The van der Waals surface area contributed by atoms with Gasteiger partial charge in [0.1, 0.15) is 6.67 Å². The quantitative estimate of drug-likeness (QED) is 0.522. The third-order valence-corrected chi connectivity index (χ3v) is 0.803. The molecule has 0 saturated heterocycles. The summed E-state index contributed by atoms with van der Waals surface area (Å²) in [6.07, 6.45) is 0. The topological polar surface area (TPSA) is 66.4 Å². The maximum atomic E-state index is 11.6. The Labute approximate surface area is 57.0 Å². The summed E-state index contributed by atoms with van der Waals surface area (Å²) in [5.74, 6) is -2.77. The summed E-state index contributed by atoms with van der Waals surface area (Å²) in [6.45, 7) is 0.611. The molecule has 0 aromatic rings. The monoisotopic (exact) mass is 149 g/mol. The maximum absolute atomic E-state index is 11.6. The van der Waals surface area contributed by atoms with E-state index in [2.05, 4.69) is 0 Å². The predicted octanol–water partition coefficient (Wildman–Crippen LogP) is -0.455. The van der Waals surface area contributed by atoms with Gasteiger partial charge in [0.05, 0.1) is 6.04 Å². The smallest absolute Gasteiger partial charge is 0.394 e. The first kappa shape index (κ1) is 8.87. The van der Waals surface area contributed by atoms with E-state index < -0.39 is 24.6 Å². The van der Waals surface area contributed by atoms with Crippen LogP contribution in [0.5, 0.6) is 0 Å². The second-order valence-electron chi connectivity index (χ2n) is 1.83. The minimum absolute atomic E-state index is 0.733. The fourth-order valence-electron chi connectivity index (χ4n) is 0.324. The molecule has 0 aromatic carbocycles. The van der Waals surface area contributed by atoms with E-state index in [1.165, 1.54) is 6.92 Å². The zero-order valence-electron chi connectivity index (χ0n) is 5.43. The van der Waals surface area contributed by atoms with Crippen molar-refractivity contribution in [2.24, 2.45) is 0 Å². The Morgan fingerprint density at radius 2 is 2.20 bits per heavy atom. The second kappa shape index (κ2) is 3.81. The van der Waals surface area contributed by atoms with Gasteiger partial charge >= 0.3 is 11.9 Å². The number of hydrogen-bond donors (Lipinski definition) is 2. The van der Waals surface area contributed by atoms with Crippen LogP contribution in [0.1, 0.15) is 6.92 Å². The van der Waals surface area contributed by atoms with Gasteiger partial charge < -0.3 is 10.4 Å². The van der Waals surface area contributed by atoms with Crippen LogP contribution in [0.15, 0.2) is 0 Å². The summed E-state index contributed by atoms with van der Waals surface area (Å²) in [5, 5.41) is 9.91. The van der Waals surface area contributed by atoms with Crippen molar-refractivity contribution in [1.82, 2.24) is 5.32 Å². The van der Waals surface area contributed by atoms with Crippen molar-refractivity contribution in [3.8, 4) is 0 Å². The van der Waals surface area contributed by atoms with Gasteiger partial charge in [-0.2, -0.15) is 0 Å². The molecule has 0 fully saturated rings. The zero-order valence-corrected chi connectivity index (χ0v) is 5.43. The van der Waals surface area contributed by atoms with Crippen LogP contribution in [0.25, 0.3) is 0 Å². The van der Waals surface area contributed by atoms with Crippen molar-refractivity contribution < 1.29 is 19.1 Å². The van der Waals surface area contributed by atoms with E-state index in [1.807, 2.05) is 5.32 Å². The molecule has 0 unspecified atom stereocenters. The predicted molar refractivity (Wildman–Crippen MR) is 31.2 cm³/mol. The van der Waals surface area contributed by atoms with E-state index in [1.54, 1.807) is 0 Å². The van der Waals surface area contributed by atoms with Gasteiger partial charge in [-0.1, -0.05) is 0 Å². The first-order valence-corrected chi connectivity index (χ1v) is 2.67. The van der Waals surface area contributed by atoms with Crippen molar-refractivity contribution in [3.63, 3.8) is 0 Å². The number of carboxylic acids is 1. The van der Waals surface area contributed by atoms with Crippen LogP contribution in [0.3, 0.4) is 0 Å². The first-order valence-electron chi connectivity index (χ1n) is 2.67. The Hall–Kier alpha value is -1.13. The van der Waals surface area contributed by atoms with Crippen LogP contribution in [0.2, 0.25) is 0 Å². The van der Waals surface area contributed by atoms with Crippen molar-refractivity contribution >= 4 is 11.9 Å². The summed E-state index contributed by atoms with van der Waals surface area (Å²) < 4.78 is 11.6. The summed E-state index contributed by atoms with van der Waals surface area (Å²) in [7, 11) is 0. The molecule has 10 heavy (non-hydrogen) atoms. The number of amides is 1. The molecule has 0 aromatic heterocycles. The number of nitrogens with one attached hydrogen (secondary N) is 1. The molecule has 1 amide bonds. The van der Waals surface area contributed by atoms with Crippen LogP contribution in [0.4, 0.5) is 4.39 Å². The van der Waals surface area contributed by atoms with Crippen LogP contribution < -0.4 is 5.32 Å². The molecule has 0 spiro atoms. The Morgan fingerprint density at radius 3 is 2.50 bits per heavy atom. The molecular weight excluding hydrogens is 141 g/mol. The molecule has 2 N–H and O–H groups in total. The van der Waals surface area contributed by atoms with Gasteiger partial charge in [0.2, 0.25) is 0 Å². The molecule has 0 rings (SSSR count). The van der Waals surface area contributed by atoms with Gasteiger partial charge in [-0.3, -0.25) is 4.79 Å². The number of carboxylic acid groups (broad SMARTS) is 1. The third kappa shape index (κ3) is 3.01.